The minimum atomic E-state index is 0.327. The second kappa shape index (κ2) is 4.75. The summed E-state index contributed by atoms with van der Waals surface area (Å²) in [6, 6.07) is 0.453. The van der Waals surface area contributed by atoms with Gasteiger partial charge in [-0.05, 0) is 26.3 Å². The van der Waals surface area contributed by atoms with Gasteiger partial charge in [-0.3, -0.25) is 0 Å². The molecule has 4 rings (SSSR count). The minimum Gasteiger partial charge on any atom is -0.374 e. The summed E-state index contributed by atoms with van der Waals surface area (Å²) in [5, 5.41) is 7.57. The van der Waals surface area contributed by atoms with E-state index < -0.39 is 0 Å². The van der Waals surface area contributed by atoms with Gasteiger partial charge in [0.15, 0.2) is 5.82 Å². The van der Waals surface area contributed by atoms with Crippen molar-refractivity contribution >= 4 is 11.8 Å². The first kappa shape index (κ1) is 12.2. The maximum absolute atomic E-state index is 5.88. The van der Waals surface area contributed by atoms with Crippen LogP contribution in [0.2, 0.25) is 0 Å². The number of hydrogen-bond acceptors (Lipinski definition) is 6. The number of thioether (sulfide) groups is 1. The highest BCUT2D eigenvalue weighted by Gasteiger charge is 2.44. The first-order chi connectivity index (χ1) is 9.35. The normalized spacial score (nSPS) is 41.2. The van der Waals surface area contributed by atoms with Crippen molar-refractivity contribution in [1.82, 2.24) is 15.5 Å². The molecule has 0 saturated carbocycles. The molecule has 3 aliphatic rings. The van der Waals surface area contributed by atoms with Crippen molar-refractivity contribution in [1.29, 1.82) is 0 Å². The Balaban J connectivity index is 1.53. The molecule has 5 nitrogen and oxygen atoms in total. The van der Waals surface area contributed by atoms with Gasteiger partial charge in [0.2, 0.25) is 5.89 Å². The SMILES string of the molecule is CNC1CSCC1c1nc(C2CC3CCC2O3)no1. The summed E-state index contributed by atoms with van der Waals surface area (Å²) in [7, 11) is 2.00. The van der Waals surface area contributed by atoms with E-state index in [1.54, 1.807) is 0 Å². The zero-order chi connectivity index (χ0) is 12.8. The van der Waals surface area contributed by atoms with E-state index >= 15 is 0 Å². The monoisotopic (exact) mass is 281 g/mol. The molecule has 3 saturated heterocycles. The quantitative estimate of drug-likeness (QED) is 0.906. The van der Waals surface area contributed by atoms with Crippen LogP contribution in [0.25, 0.3) is 0 Å². The Morgan fingerprint density at radius 1 is 1.26 bits per heavy atom. The van der Waals surface area contributed by atoms with Crippen LogP contribution >= 0.6 is 11.8 Å². The molecule has 1 aromatic rings. The van der Waals surface area contributed by atoms with Crippen LogP contribution < -0.4 is 5.32 Å². The summed E-state index contributed by atoms with van der Waals surface area (Å²) in [5.74, 6) is 4.58. The van der Waals surface area contributed by atoms with E-state index in [0.29, 0.717) is 30.1 Å². The zero-order valence-corrected chi connectivity index (χ0v) is 11.9. The maximum Gasteiger partial charge on any atom is 0.232 e. The molecule has 6 heteroatoms. The molecule has 4 heterocycles. The highest BCUT2D eigenvalue weighted by Crippen LogP contribution is 2.44. The Kier molecular flexibility index (Phi) is 3.04. The zero-order valence-electron chi connectivity index (χ0n) is 11.0. The third-order valence-corrected chi connectivity index (χ3v) is 5.85. The van der Waals surface area contributed by atoms with Crippen LogP contribution in [-0.4, -0.2) is 46.9 Å². The second-order valence-electron chi connectivity index (χ2n) is 5.75. The molecule has 0 radical (unpaired) electrons. The van der Waals surface area contributed by atoms with Crippen molar-refractivity contribution in [2.24, 2.45) is 0 Å². The Bertz CT molecular complexity index is 446. The van der Waals surface area contributed by atoms with Crippen LogP contribution in [0.4, 0.5) is 0 Å². The predicted molar refractivity (Wildman–Crippen MR) is 72.5 cm³/mol. The topological polar surface area (TPSA) is 60.2 Å². The number of ether oxygens (including phenoxy) is 1. The van der Waals surface area contributed by atoms with E-state index in [4.69, 9.17) is 9.26 Å². The number of aromatic nitrogens is 2. The second-order valence-corrected chi connectivity index (χ2v) is 6.82. The van der Waals surface area contributed by atoms with Crippen molar-refractivity contribution in [3.63, 3.8) is 0 Å². The average Bonchev–Trinajstić information content (AvgIpc) is 3.19. The molecule has 1 aromatic heterocycles. The van der Waals surface area contributed by atoms with Crippen molar-refractivity contribution in [2.45, 2.75) is 49.3 Å². The predicted octanol–water partition coefficient (Wildman–Crippen LogP) is 1.52. The van der Waals surface area contributed by atoms with Crippen LogP contribution in [-0.2, 0) is 4.74 Å². The van der Waals surface area contributed by atoms with Gasteiger partial charge >= 0.3 is 0 Å². The van der Waals surface area contributed by atoms with Gasteiger partial charge in [0.05, 0.1) is 24.0 Å². The molecule has 0 spiro atoms. The molecule has 1 N–H and O–H groups in total. The van der Waals surface area contributed by atoms with Crippen LogP contribution in [0.3, 0.4) is 0 Å². The molecule has 5 atom stereocenters. The van der Waals surface area contributed by atoms with Crippen LogP contribution in [0.1, 0.15) is 42.8 Å². The molecule has 0 amide bonds. The van der Waals surface area contributed by atoms with Crippen LogP contribution in [0, 0.1) is 0 Å². The van der Waals surface area contributed by atoms with Gasteiger partial charge < -0.3 is 14.6 Å². The van der Waals surface area contributed by atoms with E-state index in [2.05, 4.69) is 15.5 Å². The summed E-state index contributed by atoms with van der Waals surface area (Å²) in [5.41, 5.74) is 0. The summed E-state index contributed by atoms with van der Waals surface area (Å²) in [6.07, 6.45) is 4.18. The van der Waals surface area contributed by atoms with Gasteiger partial charge in [-0.15, -0.1) is 0 Å². The molecule has 5 unspecified atom stereocenters. The van der Waals surface area contributed by atoms with Gasteiger partial charge in [0.25, 0.3) is 0 Å². The number of nitrogens with one attached hydrogen (secondary N) is 1. The maximum atomic E-state index is 5.88. The fourth-order valence-corrected chi connectivity index (χ4v) is 4.96. The molecule has 0 aliphatic carbocycles. The van der Waals surface area contributed by atoms with Crippen LogP contribution in [0.5, 0.6) is 0 Å². The van der Waals surface area contributed by atoms with E-state index in [0.717, 1.165) is 36.1 Å². The summed E-state index contributed by atoms with van der Waals surface area (Å²) in [6.45, 7) is 0. The Hall–Kier alpha value is -0.590. The number of rotatable bonds is 3. The Labute approximate surface area is 116 Å². The minimum absolute atomic E-state index is 0.327. The molecule has 19 heavy (non-hydrogen) atoms. The van der Waals surface area contributed by atoms with E-state index in [1.807, 2.05) is 18.8 Å². The average molecular weight is 281 g/mol. The fraction of sp³-hybridized carbons (Fsp3) is 0.846. The number of hydrogen-bond donors (Lipinski definition) is 1. The smallest absolute Gasteiger partial charge is 0.232 e. The van der Waals surface area contributed by atoms with Gasteiger partial charge in [0, 0.05) is 17.5 Å². The number of fused-ring (bicyclic) bond motifs is 2. The Morgan fingerprint density at radius 2 is 2.21 bits per heavy atom. The molecule has 2 bridgehead atoms. The van der Waals surface area contributed by atoms with Gasteiger partial charge in [-0.2, -0.15) is 16.7 Å². The van der Waals surface area contributed by atoms with Crippen molar-refractivity contribution < 1.29 is 9.26 Å². The van der Waals surface area contributed by atoms with E-state index in [9.17, 15) is 0 Å². The highest BCUT2D eigenvalue weighted by atomic mass is 32.2. The Morgan fingerprint density at radius 3 is 2.95 bits per heavy atom. The number of nitrogens with zero attached hydrogens (tertiary/aromatic N) is 2. The van der Waals surface area contributed by atoms with E-state index in [-0.39, 0.29) is 0 Å². The lowest BCUT2D eigenvalue weighted by Gasteiger charge is -2.14. The largest absolute Gasteiger partial charge is 0.374 e. The third kappa shape index (κ3) is 2.00. The third-order valence-electron chi connectivity index (χ3n) is 4.66. The standard InChI is InChI=1S/C13H19N3O2S/c1-14-10-6-19-5-9(10)13-15-12(16-18-13)8-4-7-2-3-11(8)17-7/h7-11,14H,2-6H2,1H3. The molecule has 3 fully saturated rings. The van der Waals surface area contributed by atoms with Crippen molar-refractivity contribution in [3.05, 3.63) is 11.7 Å². The van der Waals surface area contributed by atoms with Crippen LogP contribution in [0.15, 0.2) is 4.52 Å². The highest BCUT2D eigenvalue weighted by molar-refractivity contribution is 7.99. The van der Waals surface area contributed by atoms with Crippen molar-refractivity contribution in [3.8, 4) is 0 Å². The van der Waals surface area contributed by atoms with Gasteiger partial charge in [0.1, 0.15) is 0 Å². The lowest BCUT2D eigenvalue weighted by molar-refractivity contribution is 0.0996. The van der Waals surface area contributed by atoms with Gasteiger partial charge in [-0.25, -0.2) is 0 Å². The lowest BCUT2D eigenvalue weighted by atomic mass is 9.89. The molecular formula is C13H19N3O2S. The summed E-state index contributed by atoms with van der Waals surface area (Å²) in [4.78, 5) is 4.68. The fourth-order valence-electron chi connectivity index (χ4n) is 3.54. The first-order valence-electron chi connectivity index (χ1n) is 7.09. The summed E-state index contributed by atoms with van der Waals surface area (Å²) < 4.78 is 11.4. The molecule has 0 aromatic carbocycles. The number of likely N-dealkylation sites (N-methyl/N-ethyl adjacent to an activating group) is 1. The summed E-state index contributed by atoms with van der Waals surface area (Å²) >= 11 is 1.95. The molecular weight excluding hydrogens is 262 g/mol. The molecule has 3 aliphatic heterocycles. The van der Waals surface area contributed by atoms with Gasteiger partial charge in [-0.1, -0.05) is 5.16 Å². The lowest BCUT2D eigenvalue weighted by Crippen LogP contribution is -2.31. The van der Waals surface area contributed by atoms with E-state index in [1.165, 1.54) is 6.42 Å². The first-order valence-corrected chi connectivity index (χ1v) is 8.24. The van der Waals surface area contributed by atoms with Crippen molar-refractivity contribution in [2.75, 3.05) is 18.6 Å². The molecule has 104 valence electrons.